The van der Waals surface area contributed by atoms with Crippen LogP contribution < -0.4 is 5.56 Å². The molecule has 0 aliphatic carbocycles. The van der Waals surface area contributed by atoms with E-state index < -0.39 is 11.6 Å². The number of aliphatic hydroxyl groups is 1. The van der Waals surface area contributed by atoms with Gasteiger partial charge in [-0.05, 0) is 44.8 Å². The maximum atomic E-state index is 13.2. The Bertz CT molecular complexity index is 1330. The molecule has 0 amide bonds. The minimum atomic E-state index is -1.84. The highest BCUT2D eigenvalue weighted by atomic mass is 16.6. The molecule has 0 fully saturated rings. The molecule has 0 saturated carbocycles. The number of hydrogen-bond acceptors (Lipinski definition) is 7. The maximum absolute atomic E-state index is 13.2. The highest BCUT2D eigenvalue weighted by Crippen LogP contribution is 2.39. The lowest BCUT2D eigenvalue weighted by molar-refractivity contribution is -0.172. The van der Waals surface area contributed by atoms with Gasteiger partial charge in [-0.1, -0.05) is 6.92 Å². The van der Waals surface area contributed by atoms with Crippen molar-refractivity contribution in [2.45, 2.75) is 38.6 Å². The summed E-state index contributed by atoms with van der Waals surface area (Å²) in [7, 11) is 3.86. The number of cyclic esters (lactones) is 1. The first kappa shape index (κ1) is 19.7. The number of carbonyl (C=O) groups excluding carboxylic acids is 1. The molecule has 160 valence electrons. The Labute approximate surface area is 178 Å². The fraction of sp³-hybridized carbons (Fsp3) is 0.348. The summed E-state index contributed by atoms with van der Waals surface area (Å²) in [6, 6.07) is 7.05. The number of ether oxygens (including phenoxy) is 1. The third-order valence-electron chi connectivity index (χ3n) is 6.25. The van der Waals surface area contributed by atoms with E-state index >= 15 is 0 Å². The van der Waals surface area contributed by atoms with Crippen molar-refractivity contribution in [2.24, 2.45) is 0 Å². The van der Waals surface area contributed by atoms with E-state index in [1.807, 2.05) is 25.1 Å². The van der Waals surface area contributed by atoms with Gasteiger partial charge in [0.15, 0.2) is 5.60 Å². The molecule has 2 aliphatic heterocycles. The second-order valence-corrected chi connectivity index (χ2v) is 8.47. The minimum absolute atomic E-state index is 0.104. The predicted molar refractivity (Wildman–Crippen MR) is 114 cm³/mol. The average molecular weight is 420 g/mol. The number of nitrogens with zero attached hydrogens (tertiary/aromatic N) is 3. The Morgan fingerprint density at radius 1 is 1.26 bits per heavy atom. The first-order chi connectivity index (χ1) is 14.7. The normalized spacial score (nSPS) is 19.3. The summed E-state index contributed by atoms with van der Waals surface area (Å²) in [5.41, 5.74) is 2.03. The number of carbonyl (C=O) groups is 1. The molecule has 1 atom stereocenters. The zero-order valence-electron chi connectivity index (χ0n) is 17.6. The van der Waals surface area contributed by atoms with E-state index in [-0.39, 0.29) is 24.3 Å². The monoisotopic (exact) mass is 420 g/mol. The molecule has 2 N–H and O–H groups in total. The van der Waals surface area contributed by atoms with E-state index in [9.17, 15) is 19.8 Å². The highest BCUT2D eigenvalue weighted by Gasteiger charge is 2.45. The van der Waals surface area contributed by atoms with Crippen molar-refractivity contribution in [2.75, 3.05) is 14.1 Å². The Morgan fingerprint density at radius 3 is 2.74 bits per heavy atom. The SMILES string of the molecule is CC[C@@]1(O)C(=O)OCc2c1cc1n(c2=O)Cc2cc3c(CN(C)[11CH3])c(O)ccc3nc2-1. The number of aromatic hydroxyl groups is 1. The second-order valence-electron chi connectivity index (χ2n) is 8.47. The van der Waals surface area contributed by atoms with Crippen molar-refractivity contribution in [3.05, 3.63) is 56.9 Å². The van der Waals surface area contributed by atoms with Gasteiger partial charge in [-0.15, -0.1) is 0 Å². The molecule has 0 bridgehead atoms. The Kier molecular flexibility index (Phi) is 4.22. The maximum Gasteiger partial charge on any atom is 0.343 e. The molecule has 8 nitrogen and oxygen atoms in total. The molecule has 5 rings (SSSR count). The van der Waals surface area contributed by atoms with Crippen LogP contribution in [0.5, 0.6) is 5.75 Å². The summed E-state index contributed by atoms with van der Waals surface area (Å²) in [5, 5.41) is 22.2. The van der Waals surface area contributed by atoms with Gasteiger partial charge in [0, 0.05) is 28.6 Å². The lowest BCUT2D eigenvalue weighted by Crippen LogP contribution is -2.44. The Morgan fingerprint density at radius 2 is 2.03 bits per heavy atom. The Balaban J connectivity index is 1.75. The third-order valence-corrected chi connectivity index (χ3v) is 6.25. The summed E-state index contributed by atoms with van der Waals surface area (Å²) >= 11 is 0. The van der Waals surface area contributed by atoms with E-state index in [1.165, 1.54) is 0 Å². The summed E-state index contributed by atoms with van der Waals surface area (Å²) in [6.45, 7) is 2.41. The van der Waals surface area contributed by atoms with Crippen LogP contribution in [0.1, 0.15) is 35.6 Å². The smallest absolute Gasteiger partial charge is 0.343 e. The number of aromatic nitrogens is 2. The summed E-state index contributed by atoms with van der Waals surface area (Å²) in [6.07, 6.45) is 0.104. The lowest BCUT2D eigenvalue weighted by atomic mass is 9.86. The average Bonchev–Trinajstić information content (AvgIpc) is 3.10. The summed E-state index contributed by atoms with van der Waals surface area (Å²) in [4.78, 5) is 32.3. The van der Waals surface area contributed by atoms with Gasteiger partial charge >= 0.3 is 5.97 Å². The van der Waals surface area contributed by atoms with Gasteiger partial charge in [-0.2, -0.15) is 0 Å². The third kappa shape index (κ3) is 2.72. The number of rotatable bonds is 3. The predicted octanol–water partition coefficient (Wildman–Crippen LogP) is 1.85. The molecule has 0 unspecified atom stereocenters. The molecule has 8 heteroatoms. The lowest BCUT2D eigenvalue weighted by Gasteiger charge is -2.31. The zero-order valence-corrected chi connectivity index (χ0v) is 17.6. The van der Waals surface area contributed by atoms with E-state index in [0.717, 1.165) is 16.5 Å². The van der Waals surface area contributed by atoms with Crippen LogP contribution in [0, 0.1) is 0 Å². The topological polar surface area (TPSA) is 105 Å². The molecular weight excluding hydrogens is 397 g/mol. The van der Waals surface area contributed by atoms with Crippen LogP contribution in [0.25, 0.3) is 22.3 Å². The molecule has 0 spiro atoms. The molecule has 0 saturated heterocycles. The largest absolute Gasteiger partial charge is 0.508 e. The van der Waals surface area contributed by atoms with Crippen LogP contribution >= 0.6 is 0 Å². The van der Waals surface area contributed by atoms with Gasteiger partial charge in [0.2, 0.25) is 0 Å². The van der Waals surface area contributed by atoms with Crippen LogP contribution in [-0.2, 0) is 34.8 Å². The van der Waals surface area contributed by atoms with Crippen molar-refractivity contribution in [1.82, 2.24) is 14.5 Å². The van der Waals surface area contributed by atoms with Crippen molar-refractivity contribution in [1.29, 1.82) is 0 Å². The van der Waals surface area contributed by atoms with Gasteiger partial charge in [0.1, 0.15) is 12.4 Å². The zero-order chi connectivity index (χ0) is 22.1. The van der Waals surface area contributed by atoms with Crippen LogP contribution in [0.2, 0.25) is 0 Å². The first-order valence-corrected chi connectivity index (χ1v) is 10.2. The quantitative estimate of drug-likeness (QED) is 0.487. The van der Waals surface area contributed by atoms with Gasteiger partial charge in [-0.25, -0.2) is 9.78 Å². The molecule has 1 aromatic carbocycles. The first-order valence-electron chi connectivity index (χ1n) is 10.2. The standard InChI is InChI=1S/C23H23N3O5/c1-4-23(30)16-8-18-20-12(9-26(18)21(28)15(16)11-31-22(23)29)7-13-14(10-25(2)3)19(27)6-5-17(13)24-20/h5-8,27,30H,4,9-11H2,1-3H3/t23-/m0/s1/i2-1. The van der Waals surface area contributed by atoms with Crippen molar-refractivity contribution in [3.63, 3.8) is 0 Å². The van der Waals surface area contributed by atoms with Crippen molar-refractivity contribution >= 4 is 16.9 Å². The molecule has 4 heterocycles. The minimum Gasteiger partial charge on any atom is -0.508 e. The van der Waals surface area contributed by atoms with E-state index in [2.05, 4.69) is 0 Å². The van der Waals surface area contributed by atoms with Gasteiger partial charge in [-0.3, -0.25) is 4.79 Å². The fourth-order valence-corrected chi connectivity index (χ4v) is 4.58. The molecule has 3 aromatic rings. The number of phenols is 1. The highest BCUT2D eigenvalue weighted by molar-refractivity contribution is 5.89. The number of pyridine rings is 2. The number of hydrogen-bond donors (Lipinski definition) is 2. The molecule has 2 aliphatic rings. The number of benzene rings is 1. The van der Waals surface area contributed by atoms with E-state index in [1.54, 1.807) is 29.7 Å². The number of phenolic OH excluding ortho intramolecular Hbond substituents is 1. The number of esters is 1. The second kappa shape index (κ2) is 6.63. The molecule has 2 aromatic heterocycles. The van der Waals surface area contributed by atoms with Gasteiger partial charge in [0.25, 0.3) is 5.56 Å². The van der Waals surface area contributed by atoms with Crippen LogP contribution in [0.4, 0.5) is 0 Å². The fourth-order valence-electron chi connectivity index (χ4n) is 4.58. The van der Waals surface area contributed by atoms with Crippen molar-refractivity contribution < 1.29 is 19.7 Å². The van der Waals surface area contributed by atoms with Gasteiger partial charge < -0.3 is 24.4 Å². The number of fused-ring (bicyclic) bond motifs is 5. The summed E-state index contributed by atoms with van der Waals surface area (Å²) in [5.74, 6) is -0.532. The van der Waals surface area contributed by atoms with E-state index in [4.69, 9.17) is 9.72 Å². The Hall–Kier alpha value is -3.23. The molecule has 31 heavy (non-hydrogen) atoms. The molecular formula is C23H23N3O5. The molecule has 0 radical (unpaired) electrons. The van der Waals surface area contributed by atoms with Gasteiger partial charge in [0.05, 0.1) is 29.0 Å². The van der Waals surface area contributed by atoms with Crippen molar-refractivity contribution in [3.8, 4) is 17.1 Å². The van der Waals surface area contributed by atoms with E-state index in [0.29, 0.717) is 41.1 Å². The van der Waals surface area contributed by atoms with Crippen LogP contribution in [0.15, 0.2) is 29.1 Å². The summed E-state index contributed by atoms with van der Waals surface area (Å²) < 4.78 is 6.71. The van der Waals surface area contributed by atoms with Crippen LogP contribution in [0.3, 0.4) is 0 Å². The van der Waals surface area contributed by atoms with Crippen LogP contribution in [-0.4, -0.2) is 44.7 Å².